The first-order valence-corrected chi connectivity index (χ1v) is 13.5. The van der Waals surface area contributed by atoms with Crippen LogP contribution < -0.4 is 10.8 Å². The van der Waals surface area contributed by atoms with E-state index in [0.717, 1.165) is 12.0 Å². The van der Waals surface area contributed by atoms with Crippen LogP contribution in [0.5, 0.6) is 0 Å². The van der Waals surface area contributed by atoms with Gasteiger partial charge in [0.1, 0.15) is 18.4 Å². The minimum Gasteiger partial charge on any atom is -0.375 e. The molecule has 0 aliphatic rings. The summed E-state index contributed by atoms with van der Waals surface area (Å²) in [5.41, 5.74) is 4.13. The number of fused-ring (bicyclic) bond motifs is 1. The molecule has 9 heteroatoms. The Morgan fingerprint density at radius 1 is 1.18 bits per heavy atom. The first-order valence-electron chi connectivity index (χ1n) is 10.5. The van der Waals surface area contributed by atoms with Gasteiger partial charge in [-0.05, 0) is 50.4 Å². The number of nitrogens with zero attached hydrogens (tertiary/aromatic N) is 4. The van der Waals surface area contributed by atoms with E-state index in [2.05, 4.69) is 32.2 Å². The molecule has 6 nitrogen and oxygen atoms in total. The minimum atomic E-state index is -2.52. The van der Waals surface area contributed by atoms with Crippen molar-refractivity contribution >= 4 is 40.9 Å². The van der Waals surface area contributed by atoms with Crippen molar-refractivity contribution in [1.82, 2.24) is 19.9 Å². The average Bonchev–Trinajstić information content (AvgIpc) is 2.79. The molecule has 0 spiro atoms. The molecule has 170 valence electrons. The second kappa shape index (κ2) is 9.16. The lowest BCUT2D eigenvalue weighted by Crippen LogP contribution is -2.12. The Labute approximate surface area is 197 Å². The van der Waals surface area contributed by atoms with Crippen molar-refractivity contribution in [2.75, 3.05) is 18.6 Å². The molecule has 4 rings (SSSR count). The van der Waals surface area contributed by atoms with Crippen molar-refractivity contribution in [1.29, 1.82) is 0 Å². The van der Waals surface area contributed by atoms with Crippen LogP contribution in [0.25, 0.3) is 22.3 Å². The number of aryl methyl sites for hydroxylation is 1. The molecular formula is C24H24ClFN5OP. The highest BCUT2D eigenvalue weighted by atomic mass is 35.5. The van der Waals surface area contributed by atoms with E-state index in [1.807, 2.05) is 12.1 Å². The summed E-state index contributed by atoms with van der Waals surface area (Å²) < 4.78 is 27.3. The van der Waals surface area contributed by atoms with E-state index < -0.39 is 13.0 Å². The first-order chi connectivity index (χ1) is 15.7. The molecule has 1 atom stereocenters. The normalized spacial score (nSPS) is 12.7. The number of hydrogen-bond acceptors (Lipinski definition) is 6. The molecule has 0 aliphatic carbocycles. The van der Waals surface area contributed by atoms with Crippen LogP contribution in [0, 0.1) is 12.7 Å². The maximum Gasteiger partial charge on any atom is 0.151 e. The maximum atomic E-state index is 15.1. The predicted molar refractivity (Wildman–Crippen MR) is 132 cm³/mol. The van der Waals surface area contributed by atoms with Crippen LogP contribution in [-0.2, 0) is 4.57 Å². The van der Waals surface area contributed by atoms with Crippen LogP contribution >= 0.6 is 18.7 Å². The Morgan fingerprint density at radius 2 is 1.97 bits per heavy atom. The summed E-state index contributed by atoms with van der Waals surface area (Å²) in [6.45, 7) is 7.12. The lowest BCUT2D eigenvalue weighted by Gasteiger charge is -2.21. The fourth-order valence-corrected chi connectivity index (χ4v) is 4.57. The van der Waals surface area contributed by atoms with Crippen molar-refractivity contribution in [3.05, 3.63) is 71.0 Å². The third kappa shape index (κ3) is 4.75. The van der Waals surface area contributed by atoms with Crippen LogP contribution in [0.15, 0.2) is 48.9 Å². The van der Waals surface area contributed by atoms with Gasteiger partial charge in [0, 0.05) is 30.2 Å². The molecule has 4 aromatic heterocycles. The topological polar surface area (TPSA) is 80.7 Å². The summed E-state index contributed by atoms with van der Waals surface area (Å²) in [5, 5.41) is 3.91. The van der Waals surface area contributed by atoms with Crippen molar-refractivity contribution < 1.29 is 8.96 Å². The van der Waals surface area contributed by atoms with Crippen molar-refractivity contribution in [2.45, 2.75) is 26.3 Å². The fourth-order valence-electron chi connectivity index (χ4n) is 3.62. The Hall–Kier alpha value is -2.89. The maximum absolute atomic E-state index is 15.1. The van der Waals surface area contributed by atoms with Gasteiger partial charge in [-0.25, -0.2) is 14.4 Å². The lowest BCUT2D eigenvalue weighted by molar-refractivity contribution is 0.588. The molecule has 0 saturated heterocycles. The van der Waals surface area contributed by atoms with E-state index in [-0.39, 0.29) is 11.7 Å². The van der Waals surface area contributed by atoms with Gasteiger partial charge in [-0.1, -0.05) is 24.6 Å². The highest BCUT2D eigenvalue weighted by Gasteiger charge is 2.20. The van der Waals surface area contributed by atoms with Gasteiger partial charge in [0.05, 0.1) is 33.4 Å². The summed E-state index contributed by atoms with van der Waals surface area (Å²) >= 11 is 6.65. The van der Waals surface area contributed by atoms with Crippen molar-refractivity contribution in [3.63, 3.8) is 0 Å². The Balaban J connectivity index is 1.85. The molecule has 0 fully saturated rings. The third-order valence-electron chi connectivity index (χ3n) is 5.40. The molecule has 0 radical (unpaired) electrons. The number of pyridine rings is 4. The van der Waals surface area contributed by atoms with Gasteiger partial charge in [-0.3, -0.25) is 9.97 Å². The number of nitrogens with one attached hydrogen (secondary N) is 1. The number of aromatic nitrogens is 4. The van der Waals surface area contributed by atoms with E-state index >= 15 is 4.39 Å². The smallest absolute Gasteiger partial charge is 0.151 e. The summed E-state index contributed by atoms with van der Waals surface area (Å²) in [6, 6.07) is 8.49. The average molecular weight is 484 g/mol. The van der Waals surface area contributed by atoms with Crippen molar-refractivity contribution in [2.24, 2.45) is 0 Å². The number of anilines is 1. The van der Waals surface area contributed by atoms with Gasteiger partial charge in [-0.15, -0.1) is 0 Å². The first kappa shape index (κ1) is 23.3. The lowest BCUT2D eigenvalue weighted by atomic mass is 10.1. The van der Waals surface area contributed by atoms with E-state index in [1.54, 1.807) is 44.8 Å². The number of hydrogen-bond donors (Lipinski definition) is 1. The molecule has 33 heavy (non-hydrogen) atoms. The van der Waals surface area contributed by atoms with Crippen LogP contribution in [0.3, 0.4) is 0 Å². The molecule has 1 N–H and O–H groups in total. The van der Waals surface area contributed by atoms with Gasteiger partial charge in [0.2, 0.25) is 0 Å². The van der Waals surface area contributed by atoms with Crippen LogP contribution in [0.2, 0.25) is 5.02 Å². The molecule has 0 saturated carbocycles. The standard InChI is InChI=1S/C24H24ClFN5OP/c1-5-18(15-7-6-10-27-12-15)30-24-21(25)14(2)29-19-11-17(26)22(31-23(19)24)16-8-9-20(28-13-16)33(3,4)32/h6-13,18H,5H2,1-4H3,(H,29,30). The zero-order valence-electron chi connectivity index (χ0n) is 18.8. The Bertz CT molecular complexity index is 1360. The molecule has 1 unspecified atom stereocenters. The number of rotatable bonds is 6. The van der Waals surface area contributed by atoms with Gasteiger partial charge in [-0.2, -0.15) is 0 Å². The van der Waals surface area contributed by atoms with Crippen LogP contribution in [-0.4, -0.2) is 33.3 Å². The second-order valence-corrected chi connectivity index (χ2v) is 11.8. The van der Waals surface area contributed by atoms with Crippen LogP contribution in [0.4, 0.5) is 10.1 Å². The summed E-state index contributed by atoms with van der Waals surface area (Å²) in [7, 11) is -2.52. The highest BCUT2D eigenvalue weighted by Crippen LogP contribution is 2.37. The highest BCUT2D eigenvalue weighted by molar-refractivity contribution is 7.69. The number of halogens is 2. The second-order valence-electron chi connectivity index (χ2n) is 8.22. The molecule has 0 bridgehead atoms. The summed E-state index contributed by atoms with van der Waals surface area (Å²) in [5.74, 6) is -0.521. The molecule has 4 aromatic rings. The van der Waals surface area contributed by atoms with Gasteiger partial charge in [0.15, 0.2) is 5.82 Å². The van der Waals surface area contributed by atoms with E-state index in [4.69, 9.17) is 11.6 Å². The third-order valence-corrected chi connectivity index (χ3v) is 7.24. The Kier molecular flexibility index (Phi) is 6.46. The van der Waals surface area contributed by atoms with E-state index in [1.165, 1.54) is 12.3 Å². The molecule has 0 amide bonds. The van der Waals surface area contributed by atoms with E-state index in [0.29, 0.717) is 38.4 Å². The van der Waals surface area contributed by atoms with Gasteiger partial charge < -0.3 is 9.88 Å². The molecule has 0 aromatic carbocycles. The summed E-state index contributed by atoms with van der Waals surface area (Å²) in [6.07, 6.45) is 5.80. The molecule has 4 heterocycles. The van der Waals surface area contributed by atoms with Crippen molar-refractivity contribution in [3.8, 4) is 11.3 Å². The summed E-state index contributed by atoms with van der Waals surface area (Å²) in [4.78, 5) is 17.5. The monoisotopic (exact) mass is 483 g/mol. The fraction of sp³-hybridized carbons (Fsp3) is 0.250. The molecule has 0 aliphatic heterocycles. The Morgan fingerprint density at radius 3 is 2.58 bits per heavy atom. The minimum absolute atomic E-state index is 0.0688. The molecular weight excluding hydrogens is 460 g/mol. The van der Waals surface area contributed by atoms with Crippen LogP contribution in [0.1, 0.15) is 30.6 Å². The quantitative estimate of drug-likeness (QED) is 0.339. The van der Waals surface area contributed by atoms with Gasteiger partial charge in [0.25, 0.3) is 0 Å². The zero-order chi connectivity index (χ0) is 23.8. The zero-order valence-corrected chi connectivity index (χ0v) is 20.5. The van der Waals surface area contributed by atoms with E-state index in [9.17, 15) is 4.57 Å². The SMILES string of the molecule is CCC(Nc1c(Cl)c(C)nc2cc(F)c(-c3ccc(P(C)(C)=O)nc3)nc12)c1cccnc1. The van der Waals surface area contributed by atoms with Gasteiger partial charge >= 0.3 is 0 Å². The largest absolute Gasteiger partial charge is 0.375 e. The predicted octanol–water partition coefficient (Wildman–Crippen LogP) is 6.00.